The maximum atomic E-state index is 11.2. The molecular weight excluding hydrogens is 173 g/mol. The van der Waals surface area contributed by atoms with Crippen molar-refractivity contribution in [3.05, 3.63) is 0 Å². The Morgan fingerprint density at radius 3 is 2.00 bits per heavy atom. The van der Waals surface area contributed by atoms with Gasteiger partial charge in [-0.15, -0.1) is 0 Å². The quantitative estimate of drug-likeness (QED) is 0.591. The zero-order chi connectivity index (χ0) is 8.36. The molecular formula is C3H3F3O3S. The summed E-state index contributed by atoms with van der Waals surface area (Å²) in [5, 5.41) is 0. The topological polar surface area (TPSA) is 43.4 Å². The first-order valence-corrected chi connectivity index (χ1v) is 3.09. The maximum absolute atomic E-state index is 11.2. The van der Waals surface area contributed by atoms with E-state index in [0.717, 1.165) is 6.92 Å². The molecule has 0 aliphatic rings. The van der Waals surface area contributed by atoms with Crippen molar-refractivity contribution < 1.29 is 26.4 Å². The zero-order valence-corrected chi connectivity index (χ0v) is 5.58. The summed E-state index contributed by atoms with van der Waals surface area (Å²) in [4.78, 5) is 9.79. The van der Waals surface area contributed by atoms with Gasteiger partial charge in [-0.25, -0.2) is 4.21 Å². The molecule has 0 saturated heterocycles. The highest BCUT2D eigenvalue weighted by Gasteiger charge is 2.40. The van der Waals surface area contributed by atoms with Gasteiger partial charge in [0.1, 0.15) is 0 Å². The van der Waals surface area contributed by atoms with Crippen molar-refractivity contribution >= 4 is 17.0 Å². The molecule has 0 saturated carbocycles. The Morgan fingerprint density at radius 2 is 1.90 bits per heavy atom. The SMILES string of the molecule is CC(=O)OS(=O)C(F)(F)F. The second-order valence-corrected chi connectivity index (χ2v) is 2.35. The monoisotopic (exact) mass is 176 g/mol. The molecule has 0 fully saturated rings. The van der Waals surface area contributed by atoms with Gasteiger partial charge in [0.25, 0.3) is 0 Å². The van der Waals surface area contributed by atoms with Gasteiger partial charge < -0.3 is 4.18 Å². The highest BCUT2D eigenvalue weighted by Crippen LogP contribution is 2.20. The van der Waals surface area contributed by atoms with Gasteiger partial charge in [-0.3, -0.25) is 4.79 Å². The van der Waals surface area contributed by atoms with E-state index in [1.165, 1.54) is 0 Å². The standard InChI is InChI=1S/C3H3F3O3S/c1-2(7)9-10(8)3(4,5)6/h1H3. The molecule has 0 aromatic heterocycles. The minimum atomic E-state index is -4.98. The number of rotatable bonds is 1. The third kappa shape index (κ3) is 3.44. The predicted octanol–water partition coefficient (Wildman–Crippen LogP) is 0.733. The van der Waals surface area contributed by atoms with Crippen molar-refractivity contribution in [2.75, 3.05) is 0 Å². The summed E-state index contributed by atoms with van der Waals surface area (Å²) in [6.07, 6.45) is 0. The van der Waals surface area contributed by atoms with Crippen LogP contribution in [-0.2, 0) is 20.1 Å². The third-order valence-electron chi connectivity index (χ3n) is 0.382. The van der Waals surface area contributed by atoms with E-state index >= 15 is 0 Å². The summed E-state index contributed by atoms with van der Waals surface area (Å²) in [6, 6.07) is 0. The molecule has 0 bridgehead atoms. The van der Waals surface area contributed by atoms with Crippen LogP contribution in [0.15, 0.2) is 0 Å². The van der Waals surface area contributed by atoms with E-state index in [-0.39, 0.29) is 0 Å². The predicted molar refractivity (Wildman–Crippen MR) is 26.0 cm³/mol. The summed E-state index contributed by atoms with van der Waals surface area (Å²) in [6.45, 7) is 0.740. The molecule has 0 radical (unpaired) electrons. The Morgan fingerprint density at radius 1 is 1.50 bits per heavy atom. The number of carbonyl (C=O) groups is 1. The fraction of sp³-hybridized carbons (Fsp3) is 0.667. The lowest BCUT2D eigenvalue weighted by molar-refractivity contribution is -0.133. The Bertz CT molecular complexity index is 163. The summed E-state index contributed by atoms with van der Waals surface area (Å²) in [7, 11) is 0. The van der Waals surface area contributed by atoms with Gasteiger partial charge in [0, 0.05) is 6.92 Å². The summed E-state index contributed by atoms with van der Waals surface area (Å²) >= 11 is -3.52. The number of hydrogen-bond acceptors (Lipinski definition) is 3. The molecule has 7 heteroatoms. The van der Waals surface area contributed by atoms with Crippen LogP contribution in [0.1, 0.15) is 6.92 Å². The van der Waals surface area contributed by atoms with Gasteiger partial charge in [-0.05, 0) is 0 Å². The van der Waals surface area contributed by atoms with Crippen LogP contribution in [0, 0.1) is 0 Å². The molecule has 0 spiro atoms. The van der Waals surface area contributed by atoms with Gasteiger partial charge in [-0.1, -0.05) is 0 Å². The fourth-order valence-electron chi connectivity index (χ4n) is 0.154. The minimum Gasteiger partial charge on any atom is -0.358 e. The number of halogens is 3. The van der Waals surface area contributed by atoms with Crippen molar-refractivity contribution in [2.24, 2.45) is 0 Å². The summed E-state index contributed by atoms with van der Waals surface area (Å²) in [5.41, 5.74) is -4.98. The Hall–Kier alpha value is -0.590. The number of hydrogen-bond donors (Lipinski definition) is 0. The van der Waals surface area contributed by atoms with Crippen LogP contribution in [0.2, 0.25) is 0 Å². The van der Waals surface area contributed by atoms with Crippen LogP contribution < -0.4 is 0 Å². The second-order valence-electron chi connectivity index (χ2n) is 1.26. The molecule has 1 unspecified atom stereocenters. The van der Waals surface area contributed by atoms with E-state index < -0.39 is 22.6 Å². The first kappa shape index (κ1) is 9.41. The van der Waals surface area contributed by atoms with Crippen LogP contribution >= 0.6 is 0 Å². The van der Waals surface area contributed by atoms with E-state index in [2.05, 4.69) is 4.18 Å². The molecule has 0 heterocycles. The van der Waals surface area contributed by atoms with E-state index in [9.17, 15) is 22.2 Å². The normalized spacial score (nSPS) is 14.4. The van der Waals surface area contributed by atoms with Gasteiger partial charge in [0.05, 0.1) is 0 Å². The zero-order valence-electron chi connectivity index (χ0n) is 4.77. The van der Waals surface area contributed by atoms with Crippen molar-refractivity contribution in [3.8, 4) is 0 Å². The molecule has 0 amide bonds. The molecule has 0 rings (SSSR count). The summed E-state index contributed by atoms with van der Waals surface area (Å²) in [5.74, 6) is -1.23. The van der Waals surface area contributed by atoms with Gasteiger partial charge in [0.2, 0.25) is 0 Å². The first-order chi connectivity index (χ1) is 4.34. The van der Waals surface area contributed by atoms with Crippen LogP contribution in [0.5, 0.6) is 0 Å². The molecule has 0 N–H and O–H groups in total. The largest absolute Gasteiger partial charge is 0.508 e. The average Bonchev–Trinajstić information content (AvgIpc) is 1.60. The fourth-order valence-corrected chi connectivity index (χ4v) is 0.461. The molecule has 0 aliphatic heterocycles. The lowest BCUT2D eigenvalue weighted by Crippen LogP contribution is -2.20. The number of alkyl halides is 3. The Labute approximate surface area is 56.8 Å². The lowest BCUT2D eigenvalue weighted by atomic mass is 10.9. The van der Waals surface area contributed by atoms with Crippen LogP contribution in [0.4, 0.5) is 13.2 Å². The maximum Gasteiger partial charge on any atom is 0.508 e. The average molecular weight is 176 g/mol. The molecule has 1 atom stereocenters. The van der Waals surface area contributed by atoms with Gasteiger partial charge in [0.15, 0.2) is 0 Å². The highest BCUT2D eigenvalue weighted by atomic mass is 32.2. The van der Waals surface area contributed by atoms with E-state index in [1.807, 2.05) is 0 Å². The molecule has 0 aromatic carbocycles. The molecule has 10 heavy (non-hydrogen) atoms. The van der Waals surface area contributed by atoms with Gasteiger partial charge >= 0.3 is 22.6 Å². The van der Waals surface area contributed by atoms with E-state index in [4.69, 9.17) is 0 Å². The molecule has 0 aliphatic carbocycles. The first-order valence-electron chi connectivity index (χ1n) is 2.01. The minimum absolute atomic E-state index is 0.740. The van der Waals surface area contributed by atoms with Crippen LogP contribution in [0.25, 0.3) is 0 Å². The van der Waals surface area contributed by atoms with Crippen molar-refractivity contribution in [1.29, 1.82) is 0 Å². The highest BCUT2D eigenvalue weighted by molar-refractivity contribution is 7.81. The van der Waals surface area contributed by atoms with Crippen molar-refractivity contribution in [3.63, 3.8) is 0 Å². The lowest BCUT2D eigenvalue weighted by Gasteiger charge is -2.02. The molecule has 60 valence electrons. The summed E-state index contributed by atoms with van der Waals surface area (Å²) < 4.78 is 46.8. The molecule has 3 nitrogen and oxygen atoms in total. The van der Waals surface area contributed by atoms with E-state index in [0.29, 0.717) is 0 Å². The van der Waals surface area contributed by atoms with Crippen LogP contribution in [-0.4, -0.2) is 15.7 Å². The third-order valence-corrected chi connectivity index (χ3v) is 1.15. The van der Waals surface area contributed by atoms with Crippen molar-refractivity contribution in [1.82, 2.24) is 0 Å². The van der Waals surface area contributed by atoms with E-state index in [1.54, 1.807) is 0 Å². The van der Waals surface area contributed by atoms with Crippen LogP contribution in [0.3, 0.4) is 0 Å². The number of carbonyl (C=O) groups excluding carboxylic acids is 1. The smallest absolute Gasteiger partial charge is 0.358 e. The van der Waals surface area contributed by atoms with Crippen molar-refractivity contribution in [2.45, 2.75) is 12.4 Å². The second kappa shape index (κ2) is 3.00. The Kier molecular flexibility index (Phi) is 2.82. The van der Waals surface area contributed by atoms with Gasteiger partial charge in [-0.2, -0.15) is 13.2 Å². The Balaban J connectivity index is 3.99. The molecule has 0 aromatic rings.